The molecule has 2 amide bonds. The molecule has 0 aliphatic rings. The molecular weight excluding hydrogens is 288 g/mol. The highest BCUT2D eigenvalue weighted by molar-refractivity contribution is 5.94. The van der Waals surface area contributed by atoms with Gasteiger partial charge in [0.2, 0.25) is 5.91 Å². The number of carbonyl (C=O) groups is 2. The van der Waals surface area contributed by atoms with Gasteiger partial charge in [-0.05, 0) is 18.6 Å². The lowest BCUT2D eigenvalue weighted by Crippen LogP contribution is -2.32. The van der Waals surface area contributed by atoms with Gasteiger partial charge in [-0.1, -0.05) is 57.2 Å². The number of benzene rings is 1. The largest absolute Gasteiger partial charge is 0.352 e. The first kappa shape index (κ1) is 19.2. The zero-order valence-corrected chi connectivity index (χ0v) is 14.5. The topological polar surface area (TPSA) is 49.4 Å². The first-order valence-corrected chi connectivity index (χ1v) is 8.72. The van der Waals surface area contributed by atoms with Crippen LogP contribution in [0.4, 0.5) is 0 Å². The summed E-state index contributed by atoms with van der Waals surface area (Å²) in [6, 6.07) is 9.06. The third-order valence-corrected chi connectivity index (χ3v) is 3.93. The summed E-state index contributed by atoms with van der Waals surface area (Å²) in [5.74, 6) is -0.0381. The van der Waals surface area contributed by atoms with E-state index in [0.717, 1.165) is 13.0 Å². The van der Waals surface area contributed by atoms with Crippen molar-refractivity contribution >= 4 is 11.8 Å². The van der Waals surface area contributed by atoms with Crippen LogP contribution >= 0.6 is 0 Å². The van der Waals surface area contributed by atoms with Gasteiger partial charge in [-0.25, -0.2) is 0 Å². The third-order valence-electron chi connectivity index (χ3n) is 3.93. The second-order valence-electron chi connectivity index (χ2n) is 5.95. The number of amides is 2. The molecule has 0 saturated carbocycles. The summed E-state index contributed by atoms with van der Waals surface area (Å²) in [6.45, 7) is 3.40. The molecule has 0 aromatic heterocycles. The van der Waals surface area contributed by atoms with Crippen molar-refractivity contribution in [1.29, 1.82) is 0 Å². The minimum absolute atomic E-state index is 0.0897. The lowest BCUT2D eigenvalue weighted by Gasteiger charge is -2.17. The second kappa shape index (κ2) is 11.7. The maximum Gasteiger partial charge on any atom is 0.251 e. The van der Waals surface area contributed by atoms with E-state index in [-0.39, 0.29) is 11.8 Å². The highest BCUT2D eigenvalue weighted by Crippen LogP contribution is 2.06. The molecule has 0 unspecified atom stereocenters. The molecule has 1 aromatic rings. The van der Waals surface area contributed by atoms with Crippen molar-refractivity contribution in [3.05, 3.63) is 35.9 Å². The summed E-state index contributed by atoms with van der Waals surface area (Å²) in [5, 5.41) is 2.79. The third kappa shape index (κ3) is 8.38. The molecule has 0 aliphatic heterocycles. The van der Waals surface area contributed by atoms with Crippen molar-refractivity contribution in [3.63, 3.8) is 0 Å². The number of unbranched alkanes of at least 4 members (excludes halogenated alkanes) is 5. The first-order valence-electron chi connectivity index (χ1n) is 8.72. The van der Waals surface area contributed by atoms with Crippen LogP contribution in [0.25, 0.3) is 0 Å². The zero-order chi connectivity index (χ0) is 16.9. The first-order chi connectivity index (χ1) is 11.1. The minimum Gasteiger partial charge on any atom is -0.352 e. The molecule has 1 aromatic carbocycles. The van der Waals surface area contributed by atoms with E-state index in [0.29, 0.717) is 18.5 Å². The summed E-state index contributed by atoms with van der Waals surface area (Å²) in [4.78, 5) is 25.6. The van der Waals surface area contributed by atoms with Gasteiger partial charge >= 0.3 is 0 Å². The number of hydrogen-bond acceptors (Lipinski definition) is 2. The van der Waals surface area contributed by atoms with Gasteiger partial charge in [0.1, 0.15) is 0 Å². The maximum atomic E-state index is 12.0. The van der Waals surface area contributed by atoms with Crippen LogP contribution in [0.3, 0.4) is 0 Å². The van der Waals surface area contributed by atoms with Gasteiger partial charge in [0, 0.05) is 32.1 Å². The van der Waals surface area contributed by atoms with E-state index >= 15 is 0 Å². The Bertz CT molecular complexity index is 460. The van der Waals surface area contributed by atoms with Crippen molar-refractivity contribution < 1.29 is 9.59 Å². The van der Waals surface area contributed by atoms with Gasteiger partial charge in [0.25, 0.3) is 5.91 Å². The Balaban J connectivity index is 2.12. The van der Waals surface area contributed by atoms with Gasteiger partial charge in [-0.2, -0.15) is 0 Å². The predicted octanol–water partition coefficient (Wildman–Crippen LogP) is 3.63. The normalized spacial score (nSPS) is 10.3. The predicted molar refractivity (Wildman–Crippen MR) is 94.4 cm³/mol. The fraction of sp³-hybridized carbons (Fsp3) is 0.579. The summed E-state index contributed by atoms with van der Waals surface area (Å²) in [6.07, 6.45) is 7.70. The average molecular weight is 318 g/mol. The second-order valence-corrected chi connectivity index (χ2v) is 5.95. The van der Waals surface area contributed by atoms with E-state index in [4.69, 9.17) is 0 Å². The molecule has 0 saturated heterocycles. The quantitative estimate of drug-likeness (QED) is 0.633. The SMILES string of the molecule is CCCCCCCCN(C)C(=O)CCNC(=O)c1ccccc1. The van der Waals surface area contributed by atoms with E-state index < -0.39 is 0 Å². The molecule has 0 aliphatic carbocycles. The summed E-state index contributed by atoms with van der Waals surface area (Å²) >= 11 is 0. The maximum absolute atomic E-state index is 12.0. The molecule has 0 heterocycles. The van der Waals surface area contributed by atoms with Crippen LogP contribution in [0.2, 0.25) is 0 Å². The monoisotopic (exact) mass is 318 g/mol. The van der Waals surface area contributed by atoms with E-state index in [9.17, 15) is 9.59 Å². The Labute approximate surface area is 140 Å². The van der Waals surface area contributed by atoms with Gasteiger partial charge in [0.15, 0.2) is 0 Å². The summed E-state index contributed by atoms with van der Waals surface area (Å²) in [7, 11) is 1.84. The Morgan fingerprint density at radius 3 is 2.35 bits per heavy atom. The van der Waals surface area contributed by atoms with Gasteiger partial charge in [-0.3, -0.25) is 9.59 Å². The Hall–Kier alpha value is -1.84. The van der Waals surface area contributed by atoms with Crippen LogP contribution in [0.1, 0.15) is 62.2 Å². The fourth-order valence-electron chi connectivity index (χ4n) is 2.42. The molecule has 4 nitrogen and oxygen atoms in total. The Morgan fingerprint density at radius 2 is 1.65 bits per heavy atom. The molecular formula is C19H30N2O2. The number of carbonyl (C=O) groups excluding carboxylic acids is 2. The number of hydrogen-bond donors (Lipinski definition) is 1. The minimum atomic E-state index is -0.128. The van der Waals surface area contributed by atoms with Crippen LogP contribution in [-0.4, -0.2) is 36.9 Å². The van der Waals surface area contributed by atoms with E-state index in [1.54, 1.807) is 17.0 Å². The lowest BCUT2D eigenvalue weighted by atomic mass is 10.1. The molecule has 0 radical (unpaired) electrons. The van der Waals surface area contributed by atoms with Crippen LogP contribution in [-0.2, 0) is 4.79 Å². The Morgan fingerprint density at radius 1 is 1.00 bits per heavy atom. The van der Waals surface area contributed by atoms with Gasteiger partial charge in [0.05, 0.1) is 0 Å². The van der Waals surface area contributed by atoms with Gasteiger partial charge in [-0.15, -0.1) is 0 Å². The highest BCUT2D eigenvalue weighted by Gasteiger charge is 2.09. The lowest BCUT2D eigenvalue weighted by molar-refractivity contribution is -0.129. The number of rotatable bonds is 11. The molecule has 0 atom stereocenters. The summed E-state index contributed by atoms with van der Waals surface area (Å²) < 4.78 is 0. The summed E-state index contributed by atoms with van der Waals surface area (Å²) in [5.41, 5.74) is 0.625. The van der Waals surface area contributed by atoms with Gasteiger partial charge < -0.3 is 10.2 Å². The number of nitrogens with zero attached hydrogens (tertiary/aromatic N) is 1. The molecule has 23 heavy (non-hydrogen) atoms. The fourth-order valence-corrected chi connectivity index (χ4v) is 2.42. The van der Waals surface area contributed by atoms with Crippen LogP contribution in [0.5, 0.6) is 0 Å². The van der Waals surface area contributed by atoms with Crippen LogP contribution < -0.4 is 5.32 Å². The van der Waals surface area contributed by atoms with E-state index in [1.165, 1.54) is 32.1 Å². The van der Waals surface area contributed by atoms with Crippen molar-refractivity contribution in [2.45, 2.75) is 51.9 Å². The molecule has 128 valence electrons. The molecule has 4 heteroatoms. The standard InChI is InChI=1S/C19H30N2O2/c1-3-4-5-6-7-11-16-21(2)18(22)14-15-20-19(23)17-12-9-8-10-13-17/h8-10,12-13H,3-7,11,14-16H2,1-2H3,(H,20,23). The molecule has 1 N–H and O–H groups in total. The smallest absolute Gasteiger partial charge is 0.251 e. The van der Waals surface area contributed by atoms with Crippen molar-refractivity contribution in [1.82, 2.24) is 10.2 Å². The molecule has 0 spiro atoms. The number of nitrogens with one attached hydrogen (secondary N) is 1. The van der Waals surface area contributed by atoms with Crippen molar-refractivity contribution in [3.8, 4) is 0 Å². The van der Waals surface area contributed by atoms with Crippen LogP contribution in [0, 0.1) is 0 Å². The van der Waals surface area contributed by atoms with E-state index in [2.05, 4.69) is 12.2 Å². The van der Waals surface area contributed by atoms with Crippen LogP contribution in [0.15, 0.2) is 30.3 Å². The van der Waals surface area contributed by atoms with Crippen molar-refractivity contribution in [2.75, 3.05) is 20.1 Å². The van der Waals surface area contributed by atoms with Crippen molar-refractivity contribution in [2.24, 2.45) is 0 Å². The molecule has 1 rings (SSSR count). The highest BCUT2D eigenvalue weighted by atomic mass is 16.2. The Kier molecular flexibility index (Phi) is 9.76. The average Bonchev–Trinajstić information content (AvgIpc) is 2.58. The van der Waals surface area contributed by atoms with E-state index in [1.807, 2.05) is 25.2 Å². The zero-order valence-electron chi connectivity index (χ0n) is 14.5. The molecule has 0 fully saturated rings. The molecule has 0 bridgehead atoms.